The highest BCUT2D eigenvalue weighted by Gasteiger charge is 2.21. The van der Waals surface area contributed by atoms with Gasteiger partial charge in [0.1, 0.15) is 0 Å². The third kappa shape index (κ3) is 2.67. The monoisotopic (exact) mass is 224 g/mol. The van der Waals surface area contributed by atoms with E-state index >= 15 is 0 Å². The van der Waals surface area contributed by atoms with Crippen LogP contribution >= 0.6 is 0 Å². The van der Waals surface area contributed by atoms with Crippen molar-refractivity contribution in [3.05, 3.63) is 23.8 Å². The number of hydrogen-bond acceptors (Lipinski definition) is 3. The molecule has 0 heterocycles. The number of benzene rings is 1. The molecule has 0 aliphatic heterocycles. The fourth-order valence-electron chi connectivity index (χ4n) is 1.45. The molecule has 0 aliphatic carbocycles. The Morgan fingerprint density at radius 3 is 2.44 bits per heavy atom. The standard InChI is InChI=1S/C13H20O3/c1-5-16-11-7-6-10(8-12(11)15-4)13(2,3)9-14/h6-8,14H,5,9H2,1-4H3. The molecule has 0 bridgehead atoms. The van der Waals surface area contributed by atoms with Gasteiger partial charge in [-0.1, -0.05) is 19.9 Å². The SMILES string of the molecule is CCOc1ccc(C(C)(C)CO)cc1OC. The van der Waals surface area contributed by atoms with Crippen LogP contribution in [0.5, 0.6) is 11.5 Å². The van der Waals surface area contributed by atoms with Gasteiger partial charge in [-0.2, -0.15) is 0 Å². The molecule has 90 valence electrons. The maximum atomic E-state index is 9.31. The van der Waals surface area contributed by atoms with Crippen molar-refractivity contribution in [2.45, 2.75) is 26.2 Å². The van der Waals surface area contributed by atoms with Crippen molar-refractivity contribution in [3.8, 4) is 11.5 Å². The van der Waals surface area contributed by atoms with Crippen LogP contribution in [-0.4, -0.2) is 25.4 Å². The van der Waals surface area contributed by atoms with E-state index in [1.807, 2.05) is 39.0 Å². The largest absolute Gasteiger partial charge is 0.493 e. The average molecular weight is 224 g/mol. The molecular weight excluding hydrogens is 204 g/mol. The molecule has 0 fully saturated rings. The molecule has 0 aliphatic rings. The summed E-state index contributed by atoms with van der Waals surface area (Å²) in [5, 5.41) is 9.31. The third-order valence-corrected chi connectivity index (χ3v) is 2.64. The van der Waals surface area contributed by atoms with Gasteiger partial charge in [0, 0.05) is 5.41 Å². The highest BCUT2D eigenvalue weighted by molar-refractivity contribution is 5.45. The second kappa shape index (κ2) is 5.21. The van der Waals surface area contributed by atoms with Gasteiger partial charge in [0.05, 0.1) is 20.3 Å². The lowest BCUT2D eigenvalue weighted by molar-refractivity contribution is 0.218. The maximum Gasteiger partial charge on any atom is 0.161 e. The van der Waals surface area contributed by atoms with E-state index < -0.39 is 0 Å². The van der Waals surface area contributed by atoms with Crippen molar-refractivity contribution in [3.63, 3.8) is 0 Å². The van der Waals surface area contributed by atoms with E-state index in [0.717, 1.165) is 11.3 Å². The maximum absolute atomic E-state index is 9.31. The van der Waals surface area contributed by atoms with Crippen molar-refractivity contribution in [2.24, 2.45) is 0 Å². The van der Waals surface area contributed by atoms with Gasteiger partial charge in [-0.15, -0.1) is 0 Å². The molecule has 0 saturated carbocycles. The Balaban J connectivity index is 3.08. The quantitative estimate of drug-likeness (QED) is 0.834. The molecule has 16 heavy (non-hydrogen) atoms. The van der Waals surface area contributed by atoms with Gasteiger partial charge in [0.15, 0.2) is 11.5 Å². The molecule has 3 nitrogen and oxygen atoms in total. The summed E-state index contributed by atoms with van der Waals surface area (Å²) < 4.78 is 10.7. The summed E-state index contributed by atoms with van der Waals surface area (Å²) >= 11 is 0. The van der Waals surface area contributed by atoms with Gasteiger partial charge >= 0.3 is 0 Å². The van der Waals surface area contributed by atoms with Crippen LogP contribution in [0.3, 0.4) is 0 Å². The zero-order chi connectivity index (χ0) is 12.2. The first-order valence-corrected chi connectivity index (χ1v) is 5.47. The highest BCUT2D eigenvalue weighted by Crippen LogP contribution is 2.33. The number of aliphatic hydroxyl groups excluding tert-OH is 1. The summed E-state index contributed by atoms with van der Waals surface area (Å²) in [5.74, 6) is 1.45. The molecular formula is C13H20O3. The lowest BCUT2D eigenvalue weighted by atomic mass is 9.85. The first-order chi connectivity index (χ1) is 7.55. The van der Waals surface area contributed by atoms with E-state index in [0.29, 0.717) is 12.4 Å². The summed E-state index contributed by atoms with van der Waals surface area (Å²) in [6, 6.07) is 5.76. The molecule has 0 spiro atoms. The number of hydrogen-bond donors (Lipinski definition) is 1. The van der Waals surface area contributed by atoms with Crippen molar-refractivity contribution >= 4 is 0 Å². The van der Waals surface area contributed by atoms with Crippen LogP contribution < -0.4 is 9.47 Å². The third-order valence-electron chi connectivity index (χ3n) is 2.64. The first kappa shape index (κ1) is 12.8. The van der Waals surface area contributed by atoms with Crippen LogP contribution in [0, 0.1) is 0 Å². The summed E-state index contributed by atoms with van der Waals surface area (Å²) in [7, 11) is 1.62. The van der Waals surface area contributed by atoms with E-state index in [9.17, 15) is 5.11 Å². The molecule has 1 N–H and O–H groups in total. The molecule has 0 amide bonds. The summed E-state index contributed by atoms with van der Waals surface area (Å²) in [6.45, 7) is 6.62. The Hall–Kier alpha value is -1.22. The zero-order valence-electron chi connectivity index (χ0n) is 10.4. The lowest BCUT2D eigenvalue weighted by Gasteiger charge is -2.23. The Morgan fingerprint density at radius 2 is 1.94 bits per heavy atom. The van der Waals surface area contributed by atoms with Crippen molar-refractivity contribution in [1.82, 2.24) is 0 Å². The van der Waals surface area contributed by atoms with Crippen LogP contribution in [0.15, 0.2) is 18.2 Å². The zero-order valence-corrected chi connectivity index (χ0v) is 10.4. The Bertz CT molecular complexity index is 345. The normalized spacial score (nSPS) is 11.3. The van der Waals surface area contributed by atoms with E-state index in [1.165, 1.54) is 0 Å². The molecule has 3 heteroatoms. The minimum atomic E-state index is -0.266. The van der Waals surface area contributed by atoms with Crippen molar-refractivity contribution in [2.75, 3.05) is 20.3 Å². The number of methoxy groups -OCH3 is 1. The van der Waals surface area contributed by atoms with E-state index in [-0.39, 0.29) is 12.0 Å². The highest BCUT2D eigenvalue weighted by atomic mass is 16.5. The molecule has 0 saturated heterocycles. The van der Waals surface area contributed by atoms with Gasteiger partial charge in [-0.05, 0) is 24.6 Å². The number of aliphatic hydroxyl groups is 1. The van der Waals surface area contributed by atoms with E-state index in [1.54, 1.807) is 7.11 Å². The molecule has 0 radical (unpaired) electrons. The van der Waals surface area contributed by atoms with Crippen LogP contribution in [0.4, 0.5) is 0 Å². The second-order valence-electron chi connectivity index (χ2n) is 4.34. The topological polar surface area (TPSA) is 38.7 Å². The predicted octanol–water partition coefficient (Wildman–Crippen LogP) is 2.36. The smallest absolute Gasteiger partial charge is 0.161 e. The Morgan fingerprint density at radius 1 is 1.25 bits per heavy atom. The fourth-order valence-corrected chi connectivity index (χ4v) is 1.45. The summed E-state index contributed by atoms with van der Waals surface area (Å²) in [4.78, 5) is 0. The van der Waals surface area contributed by atoms with Crippen LogP contribution in [0.2, 0.25) is 0 Å². The Labute approximate surface area is 97.0 Å². The van der Waals surface area contributed by atoms with Gasteiger partial charge in [0.2, 0.25) is 0 Å². The average Bonchev–Trinajstić information content (AvgIpc) is 2.29. The van der Waals surface area contributed by atoms with Gasteiger partial charge in [0.25, 0.3) is 0 Å². The number of ether oxygens (including phenoxy) is 2. The summed E-state index contributed by atoms with van der Waals surface area (Å²) in [5.41, 5.74) is 0.771. The van der Waals surface area contributed by atoms with Crippen LogP contribution in [0.25, 0.3) is 0 Å². The van der Waals surface area contributed by atoms with Crippen molar-refractivity contribution in [1.29, 1.82) is 0 Å². The van der Waals surface area contributed by atoms with Gasteiger partial charge < -0.3 is 14.6 Å². The van der Waals surface area contributed by atoms with Gasteiger partial charge in [-0.3, -0.25) is 0 Å². The van der Waals surface area contributed by atoms with E-state index in [2.05, 4.69) is 0 Å². The molecule has 1 aromatic rings. The first-order valence-electron chi connectivity index (χ1n) is 5.47. The molecule has 0 unspecified atom stereocenters. The lowest BCUT2D eigenvalue weighted by Crippen LogP contribution is -2.22. The predicted molar refractivity (Wildman–Crippen MR) is 64.3 cm³/mol. The molecule has 1 aromatic carbocycles. The number of rotatable bonds is 5. The summed E-state index contributed by atoms with van der Waals surface area (Å²) in [6.07, 6.45) is 0. The van der Waals surface area contributed by atoms with Crippen molar-refractivity contribution < 1.29 is 14.6 Å². The minimum Gasteiger partial charge on any atom is -0.493 e. The van der Waals surface area contributed by atoms with Gasteiger partial charge in [-0.25, -0.2) is 0 Å². The minimum absolute atomic E-state index is 0.101. The molecule has 1 rings (SSSR count). The second-order valence-corrected chi connectivity index (χ2v) is 4.34. The fraction of sp³-hybridized carbons (Fsp3) is 0.538. The molecule has 0 atom stereocenters. The molecule has 0 aromatic heterocycles. The van der Waals surface area contributed by atoms with Crippen LogP contribution in [-0.2, 0) is 5.41 Å². The van der Waals surface area contributed by atoms with E-state index in [4.69, 9.17) is 9.47 Å². The van der Waals surface area contributed by atoms with Crippen LogP contribution in [0.1, 0.15) is 26.3 Å². The Kier molecular flexibility index (Phi) is 4.19.